The summed E-state index contributed by atoms with van der Waals surface area (Å²) in [5, 5.41) is 3.35. The number of nitrogens with one attached hydrogen (secondary N) is 1. The predicted octanol–water partition coefficient (Wildman–Crippen LogP) is 3.92. The lowest BCUT2D eigenvalue weighted by Gasteiger charge is -2.19. The number of hydrogen-bond acceptors (Lipinski definition) is 4. The average Bonchev–Trinajstić information content (AvgIpc) is 3.28. The molecule has 7 heteroatoms. The lowest BCUT2D eigenvalue weighted by atomic mass is 10.1. The third-order valence-corrected chi connectivity index (χ3v) is 5.36. The summed E-state index contributed by atoms with van der Waals surface area (Å²) in [6.45, 7) is 2.56. The quantitative estimate of drug-likeness (QED) is 0.805. The van der Waals surface area contributed by atoms with Crippen molar-refractivity contribution in [1.29, 1.82) is 0 Å². The van der Waals surface area contributed by atoms with Crippen LogP contribution in [0, 0.1) is 0 Å². The summed E-state index contributed by atoms with van der Waals surface area (Å²) in [4.78, 5) is 27.1. The number of benzene rings is 2. The number of halogens is 1. The van der Waals surface area contributed by atoms with Gasteiger partial charge in [-0.1, -0.05) is 17.7 Å². The number of hydrogen-bond donors (Lipinski definition) is 1. The van der Waals surface area contributed by atoms with Crippen LogP contribution in [0.3, 0.4) is 0 Å². The zero-order valence-electron chi connectivity index (χ0n) is 16.1. The zero-order chi connectivity index (χ0) is 20.2. The highest BCUT2D eigenvalue weighted by molar-refractivity contribution is 6.31. The average molecular weight is 415 g/mol. The van der Waals surface area contributed by atoms with E-state index in [2.05, 4.69) is 5.32 Å². The normalized spacial score (nSPS) is 15.3. The Balaban J connectivity index is 1.41. The van der Waals surface area contributed by atoms with Crippen molar-refractivity contribution >= 4 is 29.1 Å². The van der Waals surface area contributed by atoms with Crippen LogP contribution >= 0.6 is 11.6 Å². The molecule has 2 heterocycles. The van der Waals surface area contributed by atoms with Crippen LogP contribution in [-0.2, 0) is 11.2 Å². The number of amides is 2. The molecule has 29 heavy (non-hydrogen) atoms. The molecule has 1 saturated heterocycles. The van der Waals surface area contributed by atoms with E-state index in [0.29, 0.717) is 48.1 Å². The maximum absolute atomic E-state index is 12.8. The number of anilines is 1. The smallest absolute Gasteiger partial charge is 0.256 e. The largest absolute Gasteiger partial charge is 0.486 e. The Bertz CT molecular complexity index is 925. The molecule has 1 fully saturated rings. The van der Waals surface area contributed by atoms with E-state index in [9.17, 15) is 9.59 Å². The molecule has 0 spiro atoms. The first-order valence-corrected chi connectivity index (χ1v) is 10.3. The summed E-state index contributed by atoms with van der Waals surface area (Å²) >= 11 is 6.10. The number of aryl methyl sites for hydroxylation is 1. The van der Waals surface area contributed by atoms with Gasteiger partial charge in [-0.2, -0.15) is 0 Å². The van der Waals surface area contributed by atoms with Crippen LogP contribution in [0.1, 0.15) is 35.2 Å². The highest BCUT2D eigenvalue weighted by Gasteiger charge is 2.23. The molecule has 0 unspecified atom stereocenters. The molecule has 0 radical (unpaired) electrons. The van der Waals surface area contributed by atoms with Gasteiger partial charge in [-0.3, -0.25) is 9.59 Å². The molecule has 6 nitrogen and oxygen atoms in total. The van der Waals surface area contributed by atoms with Crippen molar-refractivity contribution in [3.05, 3.63) is 52.5 Å². The third kappa shape index (κ3) is 4.65. The van der Waals surface area contributed by atoms with E-state index in [1.54, 1.807) is 23.1 Å². The minimum Gasteiger partial charge on any atom is -0.486 e. The molecule has 2 amide bonds. The predicted molar refractivity (Wildman–Crippen MR) is 111 cm³/mol. The summed E-state index contributed by atoms with van der Waals surface area (Å²) in [6, 6.07) is 10.7. The van der Waals surface area contributed by atoms with Crippen molar-refractivity contribution in [2.75, 3.05) is 31.6 Å². The molecule has 0 bridgehead atoms. The molecule has 0 aromatic heterocycles. The molecule has 0 atom stereocenters. The molecule has 2 aliphatic rings. The summed E-state index contributed by atoms with van der Waals surface area (Å²) in [5.74, 6) is 1.20. The lowest BCUT2D eigenvalue weighted by molar-refractivity contribution is -0.116. The molecule has 4 rings (SSSR count). The molecule has 152 valence electrons. The number of fused-ring (bicyclic) bond motifs is 1. The van der Waals surface area contributed by atoms with Gasteiger partial charge in [-0.15, -0.1) is 0 Å². The van der Waals surface area contributed by atoms with Crippen LogP contribution in [0.4, 0.5) is 5.69 Å². The highest BCUT2D eigenvalue weighted by Crippen LogP contribution is 2.31. The van der Waals surface area contributed by atoms with Crippen molar-refractivity contribution in [3.63, 3.8) is 0 Å². The lowest BCUT2D eigenvalue weighted by Crippen LogP contribution is -2.29. The Morgan fingerprint density at radius 2 is 1.76 bits per heavy atom. The van der Waals surface area contributed by atoms with Gasteiger partial charge in [0.15, 0.2) is 11.5 Å². The van der Waals surface area contributed by atoms with Gasteiger partial charge < -0.3 is 19.7 Å². The Labute approximate surface area is 174 Å². The monoisotopic (exact) mass is 414 g/mol. The van der Waals surface area contributed by atoms with E-state index in [1.165, 1.54) is 0 Å². The minimum absolute atomic E-state index is 0.0906. The Hall–Kier alpha value is -2.73. The van der Waals surface area contributed by atoms with Gasteiger partial charge in [0.05, 0.1) is 11.3 Å². The van der Waals surface area contributed by atoms with Crippen LogP contribution in [0.5, 0.6) is 11.5 Å². The maximum Gasteiger partial charge on any atom is 0.256 e. The van der Waals surface area contributed by atoms with Crippen LogP contribution < -0.4 is 14.8 Å². The van der Waals surface area contributed by atoms with Crippen LogP contribution in [-0.4, -0.2) is 43.0 Å². The molecule has 0 aliphatic carbocycles. The first-order chi connectivity index (χ1) is 14.1. The van der Waals surface area contributed by atoms with Gasteiger partial charge >= 0.3 is 0 Å². The Kier molecular flexibility index (Phi) is 5.90. The fraction of sp³-hybridized carbons (Fsp3) is 0.364. The molecular weight excluding hydrogens is 392 g/mol. The van der Waals surface area contributed by atoms with E-state index in [-0.39, 0.29) is 11.8 Å². The van der Waals surface area contributed by atoms with Gasteiger partial charge in [0.2, 0.25) is 5.91 Å². The van der Waals surface area contributed by atoms with Gasteiger partial charge in [0.1, 0.15) is 13.2 Å². The number of likely N-dealkylation sites (tertiary alicyclic amines) is 1. The van der Waals surface area contributed by atoms with Crippen molar-refractivity contribution in [2.24, 2.45) is 0 Å². The molecule has 1 N–H and O–H groups in total. The topological polar surface area (TPSA) is 67.9 Å². The fourth-order valence-corrected chi connectivity index (χ4v) is 3.78. The van der Waals surface area contributed by atoms with E-state index < -0.39 is 0 Å². The standard InChI is InChI=1S/C22H23ClN2O4/c23-16-5-6-18(17(14-16)22(27)25-9-1-2-10-25)24-21(26)8-4-15-3-7-19-20(13-15)29-12-11-28-19/h3,5-7,13-14H,1-2,4,8-12H2,(H,24,26). The molecule has 2 aliphatic heterocycles. The second-order valence-electron chi connectivity index (χ2n) is 7.22. The zero-order valence-corrected chi connectivity index (χ0v) is 16.8. The van der Waals surface area contributed by atoms with Crippen LogP contribution in [0.2, 0.25) is 5.02 Å². The van der Waals surface area contributed by atoms with Gasteiger partial charge in [0, 0.05) is 24.5 Å². The number of rotatable bonds is 5. The van der Waals surface area contributed by atoms with Crippen LogP contribution in [0.25, 0.3) is 0 Å². The number of carbonyl (C=O) groups excluding carboxylic acids is 2. The van der Waals surface area contributed by atoms with Crippen molar-refractivity contribution in [2.45, 2.75) is 25.7 Å². The van der Waals surface area contributed by atoms with Crippen molar-refractivity contribution < 1.29 is 19.1 Å². The summed E-state index contributed by atoms with van der Waals surface area (Å²) in [6.07, 6.45) is 2.86. The SMILES string of the molecule is O=C(CCc1ccc2c(c1)OCCO2)Nc1ccc(Cl)cc1C(=O)N1CCCC1. The second kappa shape index (κ2) is 8.74. The van der Waals surface area contributed by atoms with Gasteiger partial charge in [-0.25, -0.2) is 0 Å². The summed E-state index contributed by atoms with van der Waals surface area (Å²) < 4.78 is 11.1. The Morgan fingerprint density at radius 1 is 1.00 bits per heavy atom. The summed E-state index contributed by atoms with van der Waals surface area (Å²) in [7, 11) is 0. The number of carbonyl (C=O) groups is 2. The van der Waals surface area contributed by atoms with E-state index >= 15 is 0 Å². The van der Waals surface area contributed by atoms with E-state index in [0.717, 1.165) is 37.2 Å². The molecular formula is C22H23ClN2O4. The Morgan fingerprint density at radius 3 is 2.55 bits per heavy atom. The molecule has 0 saturated carbocycles. The van der Waals surface area contributed by atoms with Gasteiger partial charge in [0.25, 0.3) is 5.91 Å². The van der Waals surface area contributed by atoms with Gasteiger partial charge in [-0.05, 0) is 55.2 Å². The minimum atomic E-state index is -0.155. The first kappa shape index (κ1) is 19.6. The van der Waals surface area contributed by atoms with E-state index in [1.807, 2.05) is 18.2 Å². The van der Waals surface area contributed by atoms with E-state index in [4.69, 9.17) is 21.1 Å². The van der Waals surface area contributed by atoms with Crippen molar-refractivity contribution in [1.82, 2.24) is 4.90 Å². The molecule has 2 aromatic rings. The van der Waals surface area contributed by atoms with Crippen molar-refractivity contribution in [3.8, 4) is 11.5 Å². The highest BCUT2D eigenvalue weighted by atomic mass is 35.5. The fourth-order valence-electron chi connectivity index (χ4n) is 3.61. The third-order valence-electron chi connectivity index (χ3n) is 5.13. The molecule has 2 aromatic carbocycles. The van der Waals surface area contributed by atoms with Crippen LogP contribution in [0.15, 0.2) is 36.4 Å². The second-order valence-corrected chi connectivity index (χ2v) is 7.65. The number of nitrogens with zero attached hydrogens (tertiary/aromatic N) is 1. The number of ether oxygens (including phenoxy) is 2. The first-order valence-electron chi connectivity index (χ1n) is 9.87. The summed E-state index contributed by atoms with van der Waals surface area (Å²) in [5.41, 5.74) is 1.93. The maximum atomic E-state index is 12.8.